The number of hydrogen-bond acceptors (Lipinski definition) is 4. The predicted molar refractivity (Wildman–Crippen MR) is 64.5 cm³/mol. The van der Waals surface area contributed by atoms with E-state index in [0.29, 0.717) is 11.3 Å². The summed E-state index contributed by atoms with van der Waals surface area (Å²) >= 11 is 0. The molecule has 1 amide bonds. The lowest BCUT2D eigenvalue weighted by molar-refractivity contribution is -0.121. The second kappa shape index (κ2) is 4.60. The van der Waals surface area contributed by atoms with Gasteiger partial charge in [-0.1, -0.05) is 6.07 Å². The summed E-state index contributed by atoms with van der Waals surface area (Å²) in [6, 6.07) is 5.04. The van der Waals surface area contributed by atoms with E-state index < -0.39 is 5.97 Å². The number of Topliss-reactive ketones (excluding diaryl/α,β-unsaturated/α-hetero) is 1. The zero-order valence-corrected chi connectivity index (χ0v) is 10.2. The molecule has 0 saturated carbocycles. The molecule has 0 atom stereocenters. The summed E-state index contributed by atoms with van der Waals surface area (Å²) in [5.41, 5.74) is 1.72. The Morgan fingerprint density at radius 3 is 2.61 bits per heavy atom. The normalized spacial score (nSPS) is 15.1. The molecule has 1 aliphatic rings. The minimum Gasteiger partial charge on any atom is -0.465 e. The molecule has 1 heterocycles. The monoisotopic (exact) mass is 247 g/mol. The van der Waals surface area contributed by atoms with Gasteiger partial charge in [-0.3, -0.25) is 9.59 Å². The molecule has 0 radical (unpaired) electrons. The van der Waals surface area contributed by atoms with E-state index in [9.17, 15) is 14.4 Å². The third-order valence-electron chi connectivity index (χ3n) is 2.92. The number of carbonyl (C=O) groups excluding carboxylic acids is 3. The molecular weight excluding hydrogens is 234 g/mol. The largest absolute Gasteiger partial charge is 0.465 e. The fourth-order valence-electron chi connectivity index (χ4n) is 1.93. The van der Waals surface area contributed by atoms with E-state index in [0.717, 1.165) is 5.56 Å². The van der Waals surface area contributed by atoms with Crippen LogP contribution in [0.1, 0.15) is 22.3 Å². The lowest BCUT2D eigenvalue weighted by Crippen LogP contribution is -2.24. The van der Waals surface area contributed by atoms with Crippen molar-refractivity contribution in [1.82, 2.24) is 0 Å². The van der Waals surface area contributed by atoms with Crippen LogP contribution in [-0.4, -0.2) is 31.3 Å². The molecule has 5 heteroatoms. The van der Waals surface area contributed by atoms with Crippen molar-refractivity contribution in [2.45, 2.75) is 13.3 Å². The highest BCUT2D eigenvalue weighted by Gasteiger charge is 2.29. The first kappa shape index (κ1) is 12.3. The molecule has 2 rings (SSSR count). The number of ether oxygens (including phenoxy) is 1. The second-order valence-corrected chi connectivity index (χ2v) is 4.19. The predicted octanol–water partition coefficient (Wildman–Crippen LogP) is 1.09. The van der Waals surface area contributed by atoms with E-state index in [1.807, 2.05) is 0 Å². The topological polar surface area (TPSA) is 63.7 Å². The van der Waals surface area contributed by atoms with Gasteiger partial charge in [-0.05, 0) is 24.6 Å². The van der Waals surface area contributed by atoms with Gasteiger partial charge in [-0.25, -0.2) is 4.79 Å². The van der Waals surface area contributed by atoms with Crippen LogP contribution in [0.25, 0.3) is 0 Å². The van der Waals surface area contributed by atoms with Crippen molar-refractivity contribution in [3.8, 4) is 0 Å². The first-order valence-corrected chi connectivity index (χ1v) is 5.54. The average Bonchev–Trinajstić information content (AvgIpc) is 2.68. The van der Waals surface area contributed by atoms with Gasteiger partial charge in [0.15, 0.2) is 5.78 Å². The molecule has 0 bridgehead atoms. The highest BCUT2D eigenvalue weighted by molar-refractivity contribution is 6.15. The second-order valence-electron chi connectivity index (χ2n) is 4.19. The zero-order valence-electron chi connectivity index (χ0n) is 10.2. The van der Waals surface area contributed by atoms with Crippen molar-refractivity contribution >= 4 is 23.3 Å². The number of aryl methyl sites for hydroxylation is 1. The van der Waals surface area contributed by atoms with E-state index in [1.54, 1.807) is 25.1 Å². The van der Waals surface area contributed by atoms with Crippen LogP contribution < -0.4 is 4.90 Å². The maximum absolute atomic E-state index is 11.6. The molecule has 0 unspecified atom stereocenters. The number of benzene rings is 1. The van der Waals surface area contributed by atoms with Crippen LogP contribution in [0.5, 0.6) is 0 Å². The van der Waals surface area contributed by atoms with Crippen LogP contribution in [0.4, 0.5) is 5.69 Å². The van der Waals surface area contributed by atoms with E-state index in [2.05, 4.69) is 4.74 Å². The Kier molecular flexibility index (Phi) is 3.14. The lowest BCUT2D eigenvalue weighted by Gasteiger charge is -2.16. The fourth-order valence-corrected chi connectivity index (χ4v) is 1.93. The van der Waals surface area contributed by atoms with Crippen LogP contribution in [-0.2, 0) is 14.3 Å². The number of nitrogens with zero attached hydrogens (tertiary/aromatic N) is 1. The van der Waals surface area contributed by atoms with Crippen molar-refractivity contribution in [2.75, 3.05) is 18.6 Å². The van der Waals surface area contributed by atoms with Crippen LogP contribution in [0.3, 0.4) is 0 Å². The van der Waals surface area contributed by atoms with Crippen molar-refractivity contribution in [2.24, 2.45) is 0 Å². The van der Waals surface area contributed by atoms with Gasteiger partial charge in [-0.15, -0.1) is 0 Å². The van der Waals surface area contributed by atoms with E-state index in [-0.39, 0.29) is 24.7 Å². The first-order valence-electron chi connectivity index (χ1n) is 5.54. The molecule has 1 fully saturated rings. The third-order valence-corrected chi connectivity index (χ3v) is 2.92. The molecule has 0 aliphatic carbocycles. The number of methoxy groups -OCH3 is 1. The van der Waals surface area contributed by atoms with Gasteiger partial charge in [-0.2, -0.15) is 0 Å². The van der Waals surface area contributed by atoms with Crippen LogP contribution in [0, 0.1) is 6.92 Å². The van der Waals surface area contributed by atoms with Gasteiger partial charge in [0, 0.05) is 5.69 Å². The van der Waals surface area contributed by atoms with Gasteiger partial charge in [0.1, 0.15) is 0 Å². The van der Waals surface area contributed by atoms with Crippen LogP contribution in [0.15, 0.2) is 18.2 Å². The van der Waals surface area contributed by atoms with Crippen molar-refractivity contribution in [3.05, 3.63) is 29.3 Å². The molecule has 1 aromatic rings. The maximum atomic E-state index is 11.6. The summed E-state index contributed by atoms with van der Waals surface area (Å²) < 4.78 is 4.67. The quantitative estimate of drug-likeness (QED) is 0.579. The Hall–Kier alpha value is -2.17. The summed E-state index contributed by atoms with van der Waals surface area (Å²) in [5.74, 6) is -0.799. The molecule has 94 valence electrons. The Balaban J connectivity index is 2.38. The summed E-state index contributed by atoms with van der Waals surface area (Å²) in [6.07, 6.45) is -0.0680. The first-order chi connectivity index (χ1) is 8.52. The molecule has 0 N–H and O–H groups in total. The molecule has 0 spiro atoms. The molecule has 1 aliphatic heterocycles. The van der Waals surface area contributed by atoms with Gasteiger partial charge >= 0.3 is 5.97 Å². The summed E-state index contributed by atoms with van der Waals surface area (Å²) in [5, 5.41) is 0. The Morgan fingerprint density at radius 1 is 1.33 bits per heavy atom. The third kappa shape index (κ3) is 2.11. The lowest BCUT2D eigenvalue weighted by atomic mass is 10.1. The zero-order chi connectivity index (χ0) is 13.3. The molecule has 5 nitrogen and oxygen atoms in total. The van der Waals surface area contributed by atoms with Crippen molar-refractivity contribution in [3.63, 3.8) is 0 Å². The average molecular weight is 247 g/mol. The minimum absolute atomic E-state index is 0.0680. The SMILES string of the molecule is COC(=O)c1cc(N2CC(=O)CC2=O)ccc1C. The molecule has 0 aromatic heterocycles. The highest BCUT2D eigenvalue weighted by atomic mass is 16.5. The maximum Gasteiger partial charge on any atom is 0.338 e. The Morgan fingerprint density at radius 2 is 2.06 bits per heavy atom. The van der Waals surface area contributed by atoms with Crippen LogP contribution >= 0.6 is 0 Å². The Labute approximate surface area is 104 Å². The number of esters is 1. The number of amides is 1. The van der Waals surface area contributed by atoms with E-state index >= 15 is 0 Å². The van der Waals surface area contributed by atoms with Gasteiger partial charge in [0.25, 0.3) is 0 Å². The summed E-state index contributed by atoms with van der Waals surface area (Å²) in [7, 11) is 1.30. The molecular formula is C13H13NO4. The summed E-state index contributed by atoms with van der Waals surface area (Å²) in [4.78, 5) is 35.8. The summed E-state index contributed by atoms with van der Waals surface area (Å²) in [6.45, 7) is 1.86. The fraction of sp³-hybridized carbons (Fsp3) is 0.308. The number of carbonyl (C=O) groups is 3. The van der Waals surface area contributed by atoms with Gasteiger partial charge in [0.2, 0.25) is 5.91 Å². The van der Waals surface area contributed by atoms with Gasteiger partial charge < -0.3 is 9.64 Å². The number of anilines is 1. The number of rotatable bonds is 2. The van der Waals surface area contributed by atoms with Crippen molar-refractivity contribution < 1.29 is 19.1 Å². The van der Waals surface area contributed by atoms with E-state index in [1.165, 1.54) is 12.0 Å². The standard InChI is InChI=1S/C13H13NO4/c1-8-3-4-9(5-11(8)13(17)18-2)14-7-10(15)6-12(14)16/h3-5H,6-7H2,1-2H3. The van der Waals surface area contributed by atoms with E-state index in [4.69, 9.17) is 0 Å². The molecule has 1 saturated heterocycles. The molecule has 1 aromatic carbocycles. The van der Waals surface area contributed by atoms with Crippen LogP contribution in [0.2, 0.25) is 0 Å². The smallest absolute Gasteiger partial charge is 0.338 e. The number of ketones is 1. The molecule has 18 heavy (non-hydrogen) atoms. The Bertz CT molecular complexity index is 536. The van der Waals surface area contributed by atoms with Gasteiger partial charge in [0.05, 0.1) is 25.6 Å². The van der Waals surface area contributed by atoms with Crippen molar-refractivity contribution in [1.29, 1.82) is 0 Å². The minimum atomic E-state index is -0.452. The number of hydrogen-bond donors (Lipinski definition) is 0. The highest BCUT2D eigenvalue weighted by Crippen LogP contribution is 2.23.